The molecule has 28 heavy (non-hydrogen) atoms. The minimum absolute atomic E-state index is 0.0685. The Morgan fingerprint density at radius 2 is 1.86 bits per heavy atom. The van der Waals surface area contributed by atoms with Crippen molar-refractivity contribution in [3.05, 3.63) is 77.6 Å². The summed E-state index contributed by atoms with van der Waals surface area (Å²) in [7, 11) is 0. The van der Waals surface area contributed by atoms with E-state index < -0.39 is 17.3 Å². The van der Waals surface area contributed by atoms with Gasteiger partial charge in [-0.15, -0.1) is 0 Å². The highest BCUT2D eigenvalue weighted by atomic mass is 19.1. The fourth-order valence-corrected chi connectivity index (χ4v) is 3.79. The van der Waals surface area contributed by atoms with Crippen LogP contribution in [0.5, 0.6) is 11.5 Å². The average molecular weight is 379 g/mol. The maximum atomic E-state index is 15.1. The second-order valence-corrected chi connectivity index (χ2v) is 6.76. The number of fused-ring (bicyclic) bond motifs is 4. The molecule has 0 saturated heterocycles. The van der Waals surface area contributed by atoms with Gasteiger partial charge in [0.15, 0.2) is 11.6 Å². The summed E-state index contributed by atoms with van der Waals surface area (Å²) < 4.78 is 40.2. The predicted molar refractivity (Wildman–Crippen MR) is 99.3 cm³/mol. The van der Waals surface area contributed by atoms with Crippen LogP contribution in [0.4, 0.5) is 8.78 Å². The summed E-state index contributed by atoms with van der Waals surface area (Å²) in [5.41, 5.74) is 7.17. The van der Waals surface area contributed by atoms with Gasteiger partial charge in [-0.2, -0.15) is 4.39 Å². The smallest absolute Gasteiger partial charge is 0.213 e. The van der Waals surface area contributed by atoms with Crippen molar-refractivity contribution in [2.24, 2.45) is 10.7 Å². The van der Waals surface area contributed by atoms with Gasteiger partial charge in [0, 0.05) is 23.4 Å². The Morgan fingerprint density at radius 1 is 1.00 bits per heavy atom. The molecule has 2 aromatic carbocycles. The van der Waals surface area contributed by atoms with Gasteiger partial charge in [-0.05, 0) is 35.4 Å². The third kappa shape index (κ3) is 2.47. The molecule has 0 fully saturated rings. The lowest BCUT2D eigenvalue weighted by atomic mass is 9.79. The van der Waals surface area contributed by atoms with Crippen LogP contribution in [0.25, 0.3) is 11.1 Å². The van der Waals surface area contributed by atoms with Crippen LogP contribution in [0.2, 0.25) is 0 Å². The molecule has 0 amide bonds. The van der Waals surface area contributed by atoms with E-state index in [4.69, 9.17) is 15.2 Å². The lowest BCUT2D eigenvalue weighted by Crippen LogP contribution is -2.42. The average Bonchev–Trinajstić information content (AvgIpc) is 2.69. The topological polar surface area (TPSA) is 69.7 Å². The molecule has 3 heterocycles. The van der Waals surface area contributed by atoms with Crippen LogP contribution >= 0.6 is 0 Å². The Morgan fingerprint density at radius 3 is 2.68 bits per heavy atom. The molecule has 0 bridgehead atoms. The number of ether oxygens (including phenoxy) is 2. The molecule has 1 aromatic heterocycles. The van der Waals surface area contributed by atoms with Gasteiger partial charge in [-0.25, -0.2) is 9.37 Å². The van der Waals surface area contributed by atoms with Gasteiger partial charge in [0.25, 0.3) is 0 Å². The Balaban J connectivity index is 1.80. The maximum absolute atomic E-state index is 15.1. The summed E-state index contributed by atoms with van der Waals surface area (Å²) in [6.45, 7) is 0.395. The summed E-state index contributed by atoms with van der Waals surface area (Å²) in [6.07, 6.45) is 1.34. The van der Waals surface area contributed by atoms with Crippen molar-refractivity contribution in [2.45, 2.75) is 5.54 Å². The van der Waals surface area contributed by atoms with Crippen LogP contribution < -0.4 is 10.5 Å². The SMILES string of the molecule is NC1=N[C@@]2(COC1)c1ccccc1Oc1c(F)cc(-c3ccnc(F)c3)cc12. The van der Waals surface area contributed by atoms with E-state index >= 15 is 4.39 Å². The van der Waals surface area contributed by atoms with Gasteiger partial charge >= 0.3 is 0 Å². The Kier molecular flexibility index (Phi) is 3.67. The van der Waals surface area contributed by atoms with Gasteiger partial charge in [-0.3, -0.25) is 4.99 Å². The van der Waals surface area contributed by atoms with E-state index in [1.807, 2.05) is 12.1 Å². The van der Waals surface area contributed by atoms with Crippen LogP contribution in [0.15, 0.2) is 59.7 Å². The summed E-state index contributed by atoms with van der Waals surface area (Å²) in [5.74, 6) is -0.333. The number of nitrogens with zero attached hydrogens (tertiary/aromatic N) is 2. The largest absolute Gasteiger partial charge is 0.453 e. The number of aromatic nitrogens is 1. The quantitative estimate of drug-likeness (QED) is 0.654. The van der Waals surface area contributed by atoms with Gasteiger partial charge in [0.2, 0.25) is 5.95 Å². The minimum atomic E-state index is -1.03. The third-order valence-corrected chi connectivity index (χ3v) is 4.99. The van der Waals surface area contributed by atoms with Gasteiger partial charge < -0.3 is 15.2 Å². The highest BCUT2D eigenvalue weighted by Crippen LogP contribution is 2.51. The number of aliphatic imine (C=N–C) groups is 1. The molecule has 140 valence electrons. The van der Waals surface area contributed by atoms with E-state index in [1.54, 1.807) is 24.3 Å². The number of hydrogen-bond acceptors (Lipinski definition) is 5. The van der Waals surface area contributed by atoms with E-state index in [1.165, 1.54) is 18.3 Å². The van der Waals surface area contributed by atoms with Crippen LogP contribution in [-0.4, -0.2) is 24.0 Å². The fraction of sp³-hybridized carbons (Fsp3) is 0.143. The highest BCUT2D eigenvalue weighted by molar-refractivity contribution is 5.84. The number of rotatable bonds is 1. The van der Waals surface area contributed by atoms with E-state index in [-0.39, 0.29) is 19.0 Å². The molecule has 0 aliphatic carbocycles. The molecule has 5 nitrogen and oxygen atoms in total. The van der Waals surface area contributed by atoms with E-state index in [9.17, 15) is 4.39 Å². The molecule has 0 unspecified atom stereocenters. The number of halogens is 2. The first-order chi connectivity index (χ1) is 13.6. The van der Waals surface area contributed by atoms with Gasteiger partial charge in [0.1, 0.15) is 23.7 Å². The first-order valence-corrected chi connectivity index (χ1v) is 8.72. The fourth-order valence-electron chi connectivity index (χ4n) is 3.79. The van der Waals surface area contributed by atoms with Crippen molar-refractivity contribution in [2.75, 3.05) is 13.2 Å². The van der Waals surface area contributed by atoms with E-state index in [0.717, 1.165) is 5.56 Å². The van der Waals surface area contributed by atoms with Crippen molar-refractivity contribution in [1.82, 2.24) is 4.98 Å². The Hall–Kier alpha value is -3.32. The number of hydrogen-bond donors (Lipinski definition) is 1. The maximum Gasteiger partial charge on any atom is 0.213 e. The molecule has 1 spiro atoms. The Labute approximate surface area is 159 Å². The lowest BCUT2D eigenvalue weighted by Gasteiger charge is -2.39. The van der Waals surface area contributed by atoms with Crippen LogP contribution in [0.3, 0.4) is 0 Å². The van der Waals surface area contributed by atoms with E-state index in [2.05, 4.69) is 9.98 Å². The lowest BCUT2D eigenvalue weighted by molar-refractivity contribution is 0.109. The summed E-state index contributed by atoms with van der Waals surface area (Å²) in [5, 5.41) is 0. The molecule has 2 N–H and O–H groups in total. The molecular weight excluding hydrogens is 364 g/mol. The molecule has 2 aliphatic rings. The predicted octanol–water partition coefficient (Wildman–Crippen LogP) is 3.76. The summed E-state index contributed by atoms with van der Waals surface area (Å²) >= 11 is 0. The highest BCUT2D eigenvalue weighted by Gasteiger charge is 2.45. The molecular formula is C21H15F2N3O2. The van der Waals surface area contributed by atoms with Crippen LogP contribution in [0.1, 0.15) is 11.1 Å². The molecule has 2 aliphatic heterocycles. The third-order valence-electron chi connectivity index (χ3n) is 4.99. The van der Waals surface area contributed by atoms with Crippen molar-refractivity contribution in [3.63, 3.8) is 0 Å². The molecule has 0 saturated carbocycles. The monoisotopic (exact) mass is 379 g/mol. The molecule has 1 atom stereocenters. The first kappa shape index (κ1) is 16.8. The van der Waals surface area contributed by atoms with Gasteiger partial charge in [-0.1, -0.05) is 18.2 Å². The second kappa shape index (κ2) is 6.10. The molecule has 3 aromatic rings. The summed E-state index contributed by atoms with van der Waals surface area (Å²) in [6, 6.07) is 13.2. The van der Waals surface area contributed by atoms with Crippen molar-refractivity contribution in [3.8, 4) is 22.6 Å². The molecule has 0 radical (unpaired) electrons. The Bertz CT molecular complexity index is 1130. The molecule has 7 heteroatoms. The number of pyridine rings is 1. The number of nitrogens with two attached hydrogens (primary N) is 1. The van der Waals surface area contributed by atoms with Crippen LogP contribution in [0, 0.1) is 11.8 Å². The normalized spacial score (nSPS) is 20.1. The number of amidine groups is 1. The zero-order valence-electron chi connectivity index (χ0n) is 14.7. The zero-order chi connectivity index (χ0) is 19.3. The van der Waals surface area contributed by atoms with Gasteiger partial charge in [0.05, 0.1) is 6.61 Å². The minimum Gasteiger partial charge on any atom is -0.453 e. The number of para-hydroxylation sites is 1. The van der Waals surface area contributed by atoms with E-state index in [0.29, 0.717) is 28.3 Å². The molecule has 5 rings (SSSR count). The zero-order valence-corrected chi connectivity index (χ0v) is 14.7. The second-order valence-electron chi connectivity index (χ2n) is 6.76. The standard InChI is InChI=1S/C21H15F2N3O2/c22-16-8-13(12-5-6-25-18(23)9-12)7-15-20(16)28-17-4-2-1-3-14(17)21(15)11-27-10-19(24)26-21/h1-9H,10-11H2,(H2,24,26)/t21-/m0/s1. The van der Waals surface area contributed by atoms with Crippen molar-refractivity contribution >= 4 is 5.84 Å². The van der Waals surface area contributed by atoms with Crippen molar-refractivity contribution < 1.29 is 18.3 Å². The van der Waals surface area contributed by atoms with Crippen molar-refractivity contribution in [1.29, 1.82) is 0 Å². The summed E-state index contributed by atoms with van der Waals surface area (Å²) in [4.78, 5) is 8.24. The number of benzene rings is 2. The first-order valence-electron chi connectivity index (χ1n) is 8.72. The van der Waals surface area contributed by atoms with Crippen LogP contribution in [-0.2, 0) is 10.3 Å².